The van der Waals surface area contributed by atoms with Crippen molar-refractivity contribution in [1.82, 2.24) is 0 Å². The Bertz CT molecular complexity index is 1130. The molecule has 1 N–H and O–H groups in total. The first-order valence-electron chi connectivity index (χ1n) is 10.7. The lowest BCUT2D eigenvalue weighted by Gasteiger charge is -2.22. The van der Waals surface area contributed by atoms with Crippen molar-refractivity contribution in [3.05, 3.63) is 76.9 Å². The summed E-state index contributed by atoms with van der Waals surface area (Å²) in [5.74, 6) is 2.33. The summed E-state index contributed by atoms with van der Waals surface area (Å²) in [5, 5.41) is 3.53. The van der Waals surface area contributed by atoms with Crippen molar-refractivity contribution in [3.63, 3.8) is 0 Å². The molecule has 1 atom stereocenters. The number of nitrogens with one attached hydrogen (secondary N) is 1. The molecule has 0 bridgehead atoms. The third kappa shape index (κ3) is 5.58. The Morgan fingerprint density at radius 3 is 1.94 bits per heavy atom. The number of Topliss-reactive ketones (excluding diaryl/α,β-unsaturated/α-hetero) is 1. The minimum Gasteiger partial charge on any atom is -0.493 e. The van der Waals surface area contributed by atoms with Crippen LogP contribution in [-0.2, 0) is 0 Å². The second-order valence-corrected chi connectivity index (χ2v) is 7.81. The molecule has 174 valence electrons. The average molecular weight is 450 g/mol. The zero-order valence-electron chi connectivity index (χ0n) is 20.0. The van der Waals surface area contributed by atoms with E-state index in [0.717, 1.165) is 11.3 Å². The van der Waals surface area contributed by atoms with E-state index < -0.39 is 0 Å². The number of hydrogen-bond donors (Lipinski definition) is 1. The maximum atomic E-state index is 13.3. The minimum absolute atomic E-state index is 0.0212. The Kier molecular flexibility index (Phi) is 7.83. The van der Waals surface area contributed by atoms with Crippen molar-refractivity contribution >= 4 is 11.5 Å². The number of rotatable bonds is 10. The molecule has 0 amide bonds. The number of ether oxygens (including phenoxy) is 4. The monoisotopic (exact) mass is 449 g/mol. The number of aryl methyl sites for hydroxylation is 2. The average Bonchev–Trinajstić information content (AvgIpc) is 2.84. The van der Waals surface area contributed by atoms with Crippen LogP contribution >= 0.6 is 0 Å². The predicted molar refractivity (Wildman–Crippen MR) is 130 cm³/mol. The Morgan fingerprint density at radius 1 is 0.727 bits per heavy atom. The van der Waals surface area contributed by atoms with E-state index in [9.17, 15) is 4.79 Å². The molecule has 6 nitrogen and oxygen atoms in total. The first-order valence-corrected chi connectivity index (χ1v) is 10.7. The van der Waals surface area contributed by atoms with Crippen LogP contribution in [0.1, 0.15) is 39.5 Å². The Balaban J connectivity index is 1.96. The van der Waals surface area contributed by atoms with Gasteiger partial charge in [-0.1, -0.05) is 12.1 Å². The number of carbonyl (C=O) groups is 1. The maximum absolute atomic E-state index is 13.3. The van der Waals surface area contributed by atoms with Crippen molar-refractivity contribution in [3.8, 4) is 23.0 Å². The molecular weight excluding hydrogens is 418 g/mol. The third-order valence-electron chi connectivity index (χ3n) is 5.75. The van der Waals surface area contributed by atoms with Gasteiger partial charge in [0.2, 0.25) is 0 Å². The van der Waals surface area contributed by atoms with Crippen molar-refractivity contribution in [1.29, 1.82) is 0 Å². The summed E-state index contributed by atoms with van der Waals surface area (Å²) in [4.78, 5) is 13.3. The number of anilines is 1. The van der Waals surface area contributed by atoms with Crippen molar-refractivity contribution < 1.29 is 23.7 Å². The molecule has 0 aliphatic heterocycles. The van der Waals surface area contributed by atoms with Gasteiger partial charge in [0, 0.05) is 17.7 Å². The van der Waals surface area contributed by atoms with E-state index in [4.69, 9.17) is 18.9 Å². The SMILES string of the molecule is COc1ccc(C(=O)CC(Nc2ccc(C)c(C)c2)c2ccc(OC)c(OC)c2)cc1OC. The summed E-state index contributed by atoms with van der Waals surface area (Å²) in [6.07, 6.45) is 0.234. The topological polar surface area (TPSA) is 66.0 Å². The van der Waals surface area contributed by atoms with E-state index in [0.29, 0.717) is 28.6 Å². The Morgan fingerprint density at radius 2 is 1.33 bits per heavy atom. The van der Waals surface area contributed by atoms with Crippen LogP contribution in [0.2, 0.25) is 0 Å². The minimum atomic E-state index is -0.285. The fraction of sp³-hybridized carbons (Fsp3) is 0.296. The normalized spacial score (nSPS) is 11.5. The van der Waals surface area contributed by atoms with Gasteiger partial charge in [-0.3, -0.25) is 4.79 Å². The molecular formula is C27H31NO5. The van der Waals surface area contributed by atoms with Gasteiger partial charge in [-0.2, -0.15) is 0 Å². The molecule has 6 heteroatoms. The molecule has 0 saturated carbocycles. The molecule has 0 aliphatic carbocycles. The number of hydrogen-bond acceptors (Lipinski definition) is 6. The zero-order valence-corrected chi connectivity index (χ0v) is 20.0. The lowest BCUT2D eigenvalue weighted by Crippen LogP contribution is -2.16. The quantitative estimate of drug-likeness (QED) is 0.397. The van der Waals surface area contributed by atoms with Gasteiger partial charge < -0.3 is 24.3 Å². The van der Waals surface area contributed by atoms with Crippen LogP contribution in [0.4, 0.5) is 5.69 Å². The van der Waals surface area contributed by atoms with Crippen LogP contribution in [0.25, 0.3) is 0 Å². The highest BCUT2D eigenvalue weighted by atomic mass is 16.5. The van der Waals surface area contributed by atoms with Gasteiger partial charge >= 0.3 is 0 Å². The second kappa shape index (κ2) is 10.8. The summed E-state index contributed by atoms with van der Waals surface area (Å²) in [6.45, 7) is 4.15. The standard InChI is InChI=1S/C27H31NO5/c1-17-7-10-21(13-18(17)2)28-22(19-8-11-24(30-3)26(14-19)32-5)16-23(29)20-9-12-25(31-4)27(15-20)33-6/h7-15,22,28H,16H2,1-6H3. The van der Waals surface area contributed by atoms with Crippen molar-refractivity contribution in [2.24, 2.45) is 0 Å². The fourth-order valence-electron chi connectivity index (χ4n) is 3.67. The molecule has 3 aromatic carbocycles. The molecule has 0 spiro atoms. The van der Waals surface area contributed by atoms with Gasteiger partial charge in [-0.15, -0.1) is 0 Å². The van der Waals surface area contributed by atoms with Crippen LogP contribution in [0, 0.1) is 13.8 Å². The second-order valence-electron chi connectivity index (χ2n) is 7.81. The molecule has 0 aliphatic rings. The van der Waals surface area contributed by atoms with E-state index in [1.807, 2.05) is 24.3 Å². The van der Waals surface area contributed by atoms with Crippen LogP contribution in [0.3, 0.4) is 0 Å². The molecule has 3 rings (SSSR count). The molecule has 0 heterocycles. The number of ketones is 1. The number of methoxy groups -OCH3 is 4. The first kappa shape index (κ1) is 24.0. The zero-order chi connectivity index (χ0) is 24.0. The molecule has 0 fully saturated rings. The van der Waals surface area contributed by atoms with Gasteiger partial charge in [0.25, 0.3) is 0 Å². The van der Waals surface area contributed by atoms with Gasteiger partial charge in [0.05, 0.1) is 34.5 Å². The largest absolute Gasteiger partial charge is 0.493 e. The lowest BCUT2D eigenvalue weighted by molar-refractivity contribution is 0.0976. The maximum Gasteiger partial charge on any atom is 0.165 e. The first-order chi connectivity index (χ1) is 15.9. The van der Waals surface area contributed by atoms with E-state index in [-0.39, 0.29) is 18.2 Å². The summed E-state index contributed by atoms with van der Waals surface area (Å²) in [6, 6.07) is 16.8. The number of benzene rings is 3. The summed E-state index contributed by atoms with van der Waals surface area (Å²) in [5.41, 5.74) is 4.81. The van der Waals surface area contributed by atoms with Crippen molar-refractivity contribution in [2.75, 3.05) is 33.8 Å². The van der Waals surface area contributed by atoms with E-state index in [1.54, 1.807) is 46.6 Å². The summed E-state index contributed by atoms with van der Waals surface area (Å²) < 4.78 is 21.5. The van der Waals surface area contributed by atoms with Gasteiger partial charge in [-0.05, 0) is 73.0 Å². The van der Waals surface area contributed by atoms with E-state index in [2.05, 4.69) is 31.3 Å². The molecule has 0 aromatic heterocycles. The van der Waals surface area contributed by atoms with Gasteiger partial charge in [0.1, 0.15) is 0 Å². The van der Waals surface area contributed by atoms with Crippen LogP contribution in [0.15, 0.2) is 54.6 Å². The smallest absolute Gasteiger partial charge is 0.165 e. The molecule has 1 unspecified atom stereocenters. The lowest BCUT2D eigenvalue weighted by atomic mass is 9.96. The summed E-state index contributed by atoms with van der Waals surface area (Å²) >= 11 is 0. The highest BCUT2D eigenvalue weighted by Gasteiger charge is 2.20. The summed E-state index contributed by atoms with van der Waals surface area (Å²) in [7, 11) is 6.32. The van der Waals surface area contributed by atoms with Crippen LogP contribution in [-0.4, -0.2) is 34.2 Å². The van der Waals surface area contributed by atoms with E-state index >= 15 is 0 Å². The molecule has 0 radical (unpaired) electrons. The third-order valence-corrected chi connectivity index (χ3v) is 5.75. The van der Waals surface area contributed by atoms with Gasteiger partial charge in [-0.25, -0.2) is 0 Å². The Hall–Kier alpha value is -3.67. The van der Waals surface area contributed by atoms with Crippen molar-refractivity contribution in [2.45, 2.75) is 26.3 Å². The van der Waals surface area contributed by atoms with Crippen LogP contribution < -0.4 is 24.3 Å². The molecule has 0 saturated heterocycles. The highest BCUT2D eigenvalue weighted by Crippen LogP contribution is 2.34. The fourth-order valence-corrected chi connectivity index (χ4v) is 3.67. The highest BCUT2D eigenvalue weighted by molar-refractivity contribution is 5.97. The molecule has 3 aromatic rings. The molecule has 33 heavy (non-hydrogen) atoms. The van der Waals surface area contributed by atoms with E-state index in [1.165, 1.54) is 11.1 Å². The number of carbonyl (C=O) groups excluding carboxylic acids is 1. The van der Waals surface area contributed by atoms with Crippen LogP contribution in [0.5, 0.6) is 23.0 Å². The Labute approximate surface area is 195 Å². The predicted octanol–water partition coefficient (Wildman–Crippen LogP) is 5.76. The van der Waals surface area contributed by atoms with Gasteiger partial charge in [0.15, 0.2) is 28.8 Å².